The number of carbonyl (C=O) groups excluding carboxylic acids is 2. The summed E-state index contributed by atoms with van der Waals surface area (Å²) in [5, 5.41) is 12.6. The van der Waals surface area contributed by atoms with Crippen molar-refractivity contribution in [1.29, 1.82) is 0 Å². The minimum absolute atomic E-state index is 0.162. The number of alkyl halides is 3. The molecule has 0 spiro atoms. The second-order valence-electron chi connectivity index (χ2n) is 6.18. The molecule has 1 heterocycles. The van der Waals surface area contributed by atoms with E-state index in [1.54, 1.807) is 0 Å². The molecule has 0 saturated carbocycles. The zero-order chi connectivity index (χ0) is 18.1. The number of nitrogens with zero attached hydrogens (tertiary/aromatic N) is 1. The third-order valence-electron chi connectivity index (χ3n) is 3.79. The molecule has 1 aromatic carbocycles. The Morgan fingerprint density at radius 2 is 1.88 bits per heavy atom. The zero-order valence-electron chi connectivity index (χ0n) is 13.3. The molecule has 0 aromatic heterocycles. The minimum Gasteiger partial charge on any atom is -0.387 e. The molecule has 5 nitrogen and oxygen atoms in total. The van der Waals surface area contributed by atoms with E-state index < -0.39 is 42.4 Å². The number of rotatable bonds is 5. The normalized spacial score (nSPS) is 19.8. The number of imide groups is 1. The first kappa shape index (κ1) is 18.3. The monoisotopic (exact) mass is 344 g/mol. The number of benzene rings is 1. The second-order valence-corrected chi connectivity index (χ2v) is 6.18. The van der Waals surface area contributed by atoms with Crippen LogP contribution < -0.4 is 5.32 Å². The standard InChI is InChI=1S/C16H19F3N2O3/c1-9(2)7-12-14(23)21(15(24)20-12)8-13(22)10-5-3-4-6-11(10)16(17,18)19/h3-6,9,12-13,22H,7-8H2,1-2H3,(H,20,24)/t12-,13-/m1/s1. The van der Waals surface area contributed by atoms with E-state index in [1.165, 1.54) is 12.1 Å². The third-order valence-corrected chi connectivity index (χ3v) is 3.79. The van der Waals surface area contributed by atoms with Crippen molar-refractivity contribution in [3.05, 3.63) is 35.4 Å². The van der Waals surface area contributed by atoms with Crippen LogP contribution in [0, 0.1) is 5.92 Å². The van der Waals surface area contributed by atoms with Crippen LogP contribution >= 0.6 is 0 Å². The molecule has 0 unspecified atom stereocenters. The molecule has 1 aliphatic heterocycles. The van der Waals surface area contributed by atoms with E-state index in [0.29, 0.717) is 6.42 Å². The van der Waals surface area contributed by atoms with Crippen LogP contribution in [0.15, 0.2) is 24.3 Å². The van der Waals surface area contributed by atoms with Gasteiger partial charge in [0, 0.05) is 0 Å². The van der Waals surface area contributed by atoms with Gasteiger partial charge in [-0.1, -0.05) is 32.0 Å². The number of hydrogen-bond acceptors (Lipinski definition) is 3. The fourth-order valence-electron chi connectivity index (χ4n) is 2.70. The van der Waals surface area contributed by atoms with E-state index in [9.17, 15) is 27.9 Å². The predicted molar refractivity (Wildman–Crippen MR) is 79.9 cm³/mol. The van der Waals surface area contributed by atoms with Crippen molar-refractivity contribution in [1.82, 2.24) is 10.2 Å². The lowest BCUT2D eigenvalue weighted by Crippen LogP contribution is -2.35. The smallest absolute Gasteiger partial charge is 0.387 e. The number of aliphatic hydroxyl groups is 1. The molecule has 8 heteroatoms. The maximum absolute atomic E-state index is 13.0. The maximum atomic E-state index is 13.0. The van der Waals surface area contributed by atoms with Gasteiger partial charge in [0.05, 0.1) is 18.2 Å². The van der Waals surface area contributed by atoms with E-state index in [4.69, 9.17) is 0 Å². The van der Waals surface area contributed by atoms with Crippen LogP contribution in [0.5, 0.6) is 0 Å². The topological polar surface area (TPSA) is 69.6 Å². The summed E-state index contributed by atoms with van der Waals surface area (Å²) in [5.74, 6) is -0.368. The molecule has 2 rings (SSSR count). The summed E-state index contributed by atoms with van der Waals surface area (Å²) < 4.78 is 39.0. The van der Waals surface area contributed by atoms with Crippen molar-refractivity contribution in [2.75, 3.05) is 6.54 Å². The summed E-state index contributed by atoms with van der Waals surface area (Å²) in [4.78, 5) is 24.9. The van der Waals surface area contributed by atoms with E-state index in [2.05, 4.69) is 5.32 Å². The first-order chi connectivity index (χ1) is 11.1. The van der Waals surface area contributed by atoms with Gasteiger partial charge in [0.1, 0.15) is 6.04 Å². The summed E-state index contributed by atoms with van der Waals surface area (Å²) in [7, 11) is 0. The van der Waals surface area contributed by atoms with E-state index >= 15 is 0 Å². The van der Waals surface area contributed by atoms with Gasteiger partial charge < -0.3 is 10.4 Å². The summed E-state index contributed by atoms with van der Waals surface area (Å²) in [6.45, 7) is 3.25. The molecule has 1 aromatic rings. The molecule has 24 heavy (non-hydrogen) atoms. The number of urea groups is 1. The van der Waals surface area contributed by atoms with Gasteiger partial charge in [0.2, 0.25) is 0 Å². The minimum atomic E-state index is -4.63. The molecule has 1 fully saturated rings. The number of halogens is 3. The molecule has 2 atom stereocenters. The quantitative estimate of drug-likeness (QED) is 0.807. The van der Waals surface area contributed by atoms with Crippen molar-refractivity contribution < 1.29 is 27.9 Å². The zero-order valence-corrected chi connectivity index (χ0v) is 13.3. The number of nitrogens with one attached hydrogen (secondary N) is 1. The molecule has 3 amide bonds. The SMILES string of the molecule is CC(C)C[C@H]1NC(=O)N(C[C@@H](O)c2ccccc2C(F)(F)F)C1=O. The van der Waals surface area contributed by atoms with Crippen molar-refractivity contribution >= 4 is 11.9 Å². The molecule has 0 radical (unpaired) electrons. The first-order valence-electron chi connectivity index (χ1n) is 7.57. The van der Waals surface area contributed by atoms with Gasteiger partial charge in [-0.05, 0) is 24.0 Å². The predicted octanol–water partition coefficient (Wildman–Crippen LogP) is 2.71. The van der Waals surface area contributed by atoms with Crippen LogP contribution in [-0.4, -0.2) is 34.5 Å². The molecule has 0 bridgehead atoms. The number of amides is 3. The summed E-state index contributed by atoms with van der Waals surface area (Å²) in [6.07, 6.45) is -5.82. The molecular weight excluding hydrogens is 325 g/mol. The second kappa shape index (κ2) is 6.80. The average Bonchev–Trinajstić information content (AvgIpc) is 2.73. The Balaban J connectivity index is 2.17. The Hall–Kier alpha value is -2.09. The van der Waals surface area contributed by atoms with Gasteiger partial charge in [-0.2, -0.15) is 13.2 Å². The average molecular weight is 344 g/mol. The van der Waals surface area contributed by atoms with Gasteiger partial charge >= 0.3 is 12.2 Å². The molecular formula is C16H19F3N2O3. The Bertz CT molecular complexity index is 631. The molecule has 132 valence electrons. The van der Waals surface area contributed by atoms with Crippen molar-refractivity contribution in [2.45, 2.75) is 38.6 Å². The lowest BCUT2D eigenvalue weighted by Gasteiger charge is -2.21. The molecule has 1 saturated heterocycles. The van der Waals surface area contributed by atoms with Gasteiger partial charge in [-0.25, -0.2) is 4.79 Å². The van der Waals surface area contributed by atoms with Crippen LogP contribution in [0.1, 0.15) is 37.5 Å². The lowest BCUT2D eigenvalue weighted by molar-refractivity contribution is -0.139. The Morgan fingerprint density at radius 3 is 2.46 bits per heavy atom. The highest BCUT2D eigenvalue weighted by atomic mass is 19.4. The molecule has 0 aliphatic carbocycles. The lowest BCUT2D eigenvalue weighted by atomic mass is 10.0. The Kier molecular flexibility index (Phi) is 5.17. The maximum Gasteiger partial charge on any atom is 0.416 e. The Labute approximate surface area is 137 Å². The van der Waals surface area contributed by atoms with Crippen molar-refractivity contribution in [2.24, 2.45) is 5.92 Å². The van der Waals surface area contributed by atoms with E-state index in [0.717, 1.165) is 17.0 Å². The van der Waals surface area contributed by atoms with Gasteiger partial charge in [-0.3, -0.25) is 9.69 Å². The summed E-state index contributed by atoms with van der Waals surface area (Å²) in [5.41, 5.74) is -1.35. The molecule has 1 aliphatic rings. The van der Waals surface area contributed by atoms with Crippen LogP contribution in [0.3, 0.4) is 0 Å². The summed E-state index contributed by atoms with van der Waals surface area (Å²) in [6, 6.07) is 3.16. The highest BCUT2D eigenvalue weighted by Crippen LogP contribution is 2.35. The number of aliphatic hydroxyl groups excluding tert-OH is 1. The largest absolute Gasteiger partial charge is 0.416 e. The van der Waals surface area contributed by atoms with E-state index in [-0.39, 0.29) is 11.5 Å². The fourth-order valence-corrected chi connectivity index (χ4v) is 2.70. The van der Waals surface area contributed by atoms with Crippen molar-refractivity contribution in [3.8, 4) is 0 Å². The van der Waals surface area contributed by atoms with E-state index in [1.807, 2.05) is 13.8 Å². The number of carbonyl (C=O) groups is 2. The highest BCUT2D eigenvalue weighted by Gasteiger charge is 2.40. The Morgan fingerprint density at radius 1 is 1.25 bits per heavy atom. The third kappa shape index (κ3) is 3.87. The number of β-amino-alcohol motifs (C(OH)–C–C–N with tert-alkyl or cyclic N) is 1. The first-order valence-corrected chi connectivity index (χ1v) is 7.57. The van der Waals surface area contributed by atoms with Crippen LogP contribution in [0.4, 0.5) is 18.0 Å². The van der Waals surface area contributed by atoms with Gasteiger partial charge in [0.25, 0.3) is 5.91 Å². The van der Waals surface area contributed by atoms with Gasteiger partial charge in [0.15, 0.2) is 0 Å². The summed E-state index contributed by atoms with van der Waals surface area (Å²) >= 11 is 0. The van der Waals surface area contributed by atoms with Crippen LogP contribution in [0.25, 0.3) is 0 Å². The van der Waals surface area contributed by atoms with Crippen molar-refractivity contribution in [3.63, 3.8) is 0 Å². The van der Waals surface area contributed by atoms with Crippen LogP contribution in [0.2, 0.25) is 0 Å². The molecule has 2 N–H and O–H groups in total. The number of hydrogen-bond donors (Lipinski definition) is 2. The fraction of sp³-hybridized carbons (Fsp3) is 0.500. The van der Waals surface area contributed by atoms with Crippen LogP contribution in [-0.2, 0) is 11.0 Å². The highest BCUT2D eigenvalue weighted by molar-refractivity contribution is 6.04. The van der Waals surface area contributed by atoms with Gasteiger partial charge in [-0.15, -0.1) is 0 Å².